The molecule has 1 atom stereocenters. The summed E-state index contributed by atoms with van der Waals surface area (Å²) in [6.07, 6.45) is -0.803. The Bertz CT molecular complexity index is 494. The van der Waals surface area contributed by atoms with Gasteiger partial charge in [-0.05, 0) is 38.2 Å². The van der Waals surface area contributed by atoms with Crippen LogP contribution in [0.25, 0.3) is 0 Å². The molecule has 1 aliphatic rings. The fourth-order valence-electron chi connectivity index (χ4n) is 2.70. The molecule has 0 radical (unpaired) electrons. The first-order valence-corrected chi connectivity index (χ1v) is 7.16. The number of benzene rings is 1. The van der Waals surface area contributed by atoms with Crippen LogP contribution in [0.5, 0.6) is 0 Å². The number of hydrogen-bond donors (Lipinski definition) is 1. The summed E-state index contributed by atoms with van der Waals surface area (Å²) in [7, 11) is 0. The summed E-state index contributed by atoms with van der Waals surface area (Å²) < 4.78 is 25.0. The number of carbonyl (C=O) groups is 1. The number of alkyl halides is 2. The predicted octanol–water partition coefficient (Wildman–Crippen LogP) is 2.79. The number of halogens is 2. The smallest absolute Gasteiger partial charge is 0.263 e. The molecular formula is C16H21F2NO2. The van der Waals surface area contributed by atoms with Crippen LogP contribution in [0.1, 0.15) is 37.8 Å². The Hall–Kier alpha value is -1.49. The third-order valence-corrected chi connectivity index (χ3v) is 3.85. The average molecular weight is 297 g/mol. The molecule has 0 unspecified atom stereocenters. The number of likely N-dealkylation sites (tertiary alicyclic amines) is 1. The highest BCUT2D eigenvalue weighted by Gasteiger charge is 2.34. The summed E-state index contributed by atoms with van der Waals surface area (Å²) in [6.45, 7) is 4.24. The van der Waals surface area contributed by atoms with Crippen LogP contribution in [-0.2, 0) is 11.2 Å². The Morgan fingerprint density at radius 2 is 2.00 bits per heavy atom. The van der Waals surface area contributed by atoms with Gasteiger partial charge >= 0.3 is 0 Å². The van der Waals surface area contributed by atoms with Crippen molar-refractivity contribution in [2.45, 2.75) is 38.7 Å². The minimum absolute atomic E-state index is 0.0315. The SMILES string of the molecule is CC(C)(O)C(=O)N1CC[C@@H](Cc2ccc(C(F)F)cc2)C1. The van der Waals surface area contributed by atoms with Crippen LogP contribution < -0.4 is 0 Å². The highest BCUT2D eigenvalue weighted by molar-refractivity contribution is 5.84. The zero-order valence-electron chi connectivity index (χ0n) is 12.4. The second kappa shape index (κ2) is 6.10. The summed E-state index contributed by atoms with van der Waals surface area (Å²) >= 11 is 0. The van der Waals surface area contributed by atoms with Crippen LogP contribution >= 0.6 is 0 Å². The van der Waals surface area contributed by atoms with E-state index in [4.69, 9.17) is 0 Å². The highest BCUT2D eigenvalue weighted by atomic mass is 19.3. The van der Waals surface area contributed by atoms with Gasteiger partial charge in [0, 0.05) is 18.7 Å². The number of nitrogens with zero attached hydrogens (tertiary/aromatic N) is 1. The Kier molecular flexibility index (Phi) is 4.61. The molecule has 1 aromatic rings. The Balaban J connectivity index is 1.92. The van der Waals surface area contributed by atoms with Gasteiger partial charge in [-0.15, -0.1) is 0 Å². The molecule has 1 aliphatic heterocycles. The molecule has 0 bridgehead atoms. The first kappa shape index (κ1) is 15.9. The maximum atomic E-state index is 12.5. The standard InChI is InChI=1S/C16H21F2NO2/c1-16(2,21)15(20)19-8-7-12(10-19)9-11-3-5-13(6-4-11)14(17)18/h3-6,12,14,21H,7-10H2,1-2H3/t12-/m0/s1. The third kappa shape index (κ3) is 4.00. The van der Waals surface area contributed by atoms with Gasteiger partial charge in [-0.1, -0.05) is 24.3 Å². The third-order valence-electron chi connectivity index (χ3n) is 3.85. The van der Waals surface area contributed by atoms with Crippen LogP contribution in [-0.4, -0.2) is 34.6 Å². The van der Waals surface area contributed by atoms with E-state index < -0.39 is 12.0 Å². The molecule has 0 saturated carbocycles. The average Bonchev–Trinajstić information content (AvgIpc) is 2.85. The predicted molar refractivity (Wildman–Crippen MR) is 76.1 cm³/mol. The van der Waals surface area contributed by atoms with E-state index in [1.54, 1.807) is 17.0 Å². The van der Waals surface area contributed by atoms with Crippen molar-refractivity contribution in [2.24, 2.45) is 5.92 Å². The Morgan fingerprint density at radius 1 is 1.38 bits per heavy atom. The molecule has 0 aliphatic carbocycles. The summed E-state index contributed by atoms with van der Waals surface area (Å²) in [5, 5.41) is 9.74. The second-order valence-electron chi connectivity index (χ2n) is 6.21. The molecule has 0 spiro atoms. The van der Waals surface area contributed by atoms with Crippen molar-refractivity contribution in [3.05, 3.63) is 35.4 Å². The first-order chi connectivity index (χ1) is 9.77. The number of rotatable bonds is 4. The number of hydrogen-bond acceptors (Lipinski definition) is 2. The van der Waals surface area contributed by atoms with E-state index in [9.17, 15) is 18.7 Å². The fourth-order valence-corrected chi connectivity index (χ4v) is 2.70. The quantitative estimate of drug-likeness (QED) is 0.928. The van der Waals surface area contributed by atoms with E-state index in [0.717, 1.165) is 18.4 Å². The lowest BCUT2D eigenvalue weighted by Gasteiger charge is -2.24. The monoisotopic (exact) mass is 297 g/mol. The largest absolute Gasteiger partial charge is 0.381 e. The van der Waals surface area contributed by atoms with Crippen LogP contribution in [0.4, 0.5) is 8.78 Å². The summed E-state index contributed by atoms with van der Waals surface area (Å²) in [5.41, 5.74) is -0.306. The van der Waals surface area contributed by atoms with Crippen molar-refractivity contribution < 1.29 is 18.7 Å². The lowest BCUT2D eigenvalue weighted by molar-refractivity contribution is -0.146. The minimum Gasteiger partial charge on any atom is -0.381 e. The van der Waals surface area contributed by atoms with Crippen molar-refractivity contribution in [1.29, 1.82) is 0 Å². The summed E-state index contributed by atoms with van der Waals surface area (Å²) in [6, 6.07) is 6.35. The minimum atomic E-state index is -2.44. The highest BCUT2D eigenvalue weighted by Crippen LogP contribution is 2.25. The van der Waals surface area contributed by atoms with Crippen molar-refractivity contribution in [3.63, 3.8) is 0 Å². The molecular weight excluding hydrogens is 276 g/mol. The number of carbonyl (C=O) groups excluding carboxylic acids is 1. The first-order valence-electron chi connectivity index (χ1n) is 7.16. The molecule has 1 aromatic carbocycles. The van der Waals surface area contributed by atoms with Gasteiger partial charge < -0.3 is 10.0 Å². The molecule has 5 heteroatoms. The van der Waals surface area contributed by atoms with Crippen molar-refractivity contribution in [2.75, 3.05) is 13.1 Å². The molecule has 1 heterocycles. The van der Waals surface area contributed by atoms with Gasteiger partial charge in [0.2, 0.25) is 0 Å². The molecule has 1 saturated heterocycles. The molecule has 1 amide bonds. The summed E-state index contributed by atoms with van der Waals surface area (Å²) in [4.78, 5) is 13.7. The fraction of sp³-hybridized carbons (Fsp3) is 0.562. The van der Waals surface area contributed by atoms with Gasteiger partial charge in [0.25, 0.3) is 12.3 Å². The van der Waals surface area contributed by atoms with E-state index in [0.29, 0.717) is 19.0 Å². The molecule has 21 heavy (non-hydrogen) atoms. The van der Waals surface area contributed by atoms with Crippen molar-refractivity contribution in [3.8, 4) is 0 Å². The van der Waals surface area contributed by atoms with E-state index in [1.807, 2.05) is 0 Å². The summed E-state index contributed by atoms with van der Waals surface area (Å²) in [5.74, 6) is 0.0618. The van der Waals surface area contributed by atoms with E-state index in [-0.39, 0.29) is 11.5 Å². The number of amides is 1. The van der Waals surface area contributed by atoms with Gasteiger partial charge in [0.05, 0.1) is 0 Å². The zero-order valence-corrected chi connectivity index (χ0v) is 12.4. The maximum absolute atomic E-state index is 12.5. The van der Waals surface area contributed by atoms with Gasteiger partial charge in [-0.25, -0.2) is 8.78 Å². The molecule has 1 fully saturated rings. The maximum Gasteiger partial charge on any atom is 0.263 e. The number of aliphatic hydroxyl groups is 1. The van der Waals surface area contributed by atoms with E-state index >= 15 is 0 Å². The van der Waals surface area contributed by atoms with Crippen LogP contribution in [0.2, 0.25) is 0 Å². The molecule has 1 N–H and O–H groups in total. The lowest BCUT2D eigenvalue weighted by Crippen LogP contribution is -2.44. The zero-order chi connectivity index (χ0) is 15.6. The van der Waals surface area contributed by atoms with Gasteiger partial charge in [0.15, 0.2) is 0 Å². The molecule has 116 valence electrons. The van der Waals surface area contributed by atoms with Crippen molar-refractivity contribution in [1.82, 2.24) is 4.90 Å². The topological polar surface area (TPSA) is 40.5 Å². The molecule has 0 aromatic heterocycles. The second-order valence-corrected chi connectivity index (χ2v) is 6.21. The van der Waals surface area contributed by atoms with Gasteiger partial charge in [-0.2, -0.15) is 0 Å². The Morgan fingerprint density at radius 3 is 2.52 bits per heavy atom. The lowest BCUT2D eigenvalue weighted by atomic mass is 9.98. The Labute approximate surface area is 123 Å². The van der Waals surface area contributed by atoms with Gasteiger partial charge in [-0.3, -0.25) is 4.79 Å². The normalized spacial score (nSPS) is 19.3. The van der Waals surface area contributed by atoms with E-state index in [1.165, 1.54) is 26.0 Å². The molecule has 3 nitrogen and oxygen atoms in total. The van der Waals surface area contributed by atoms with Crippen LogP contribution in [0.3, 0.4) is 0 Å². The van der Waals surface area contributed by atoms with Crippen molar-refractivity contribution >= 4 is 5.91 Å². The van der Waals surface area contributed by atoms with E-state index in [2.05, 4.69) is 0 Å². The van der Waals surface area contributed by atoms with Crippen LogP contribution in [0.15, 0.2) is 24.3 Å². The van der Waals surface area contributed by atoms with Crippen LogP contribution in [0, 0.1) is 5.92 Å². The molecule has 2 rings (SSSR count). The van der Waals surface area contributed by atoms with Gasteiger partial charge in [0.1, 0.15) is 5.60 Å².